The molecule has 0 radical (unpaired) electrons. The van der Waals surface area contributed by atoms with Gasteiger partial charge in [-0.25, -0.2) is 0 Å². The number of nitrogens with zero attached hydrogens (tertiary/aromatic N) is 2. The van der Waals surface area contributed by atoms with E-state index in [0.717, 1.165) is 45.3 Å². The molecule has 3 rings (SSSR count). The SMILES string of the molecule is COc1ccc(/C=C/C(=O)Nc2c(C)nn(C)c2C)cc1COc1cccc(C)c1. The number of amides is 1. The lowest BCUT2D eigenvalue weighted by Gasteiger charge is -2.11. The molecule has 0 unspecified atom stereocenters. The summed E-state index contributed by atoms with van der Waals surface area (Å²) in [4.78, 5) is 12.4. The number of hydrogen-bond donors (Lipinski definition) is 1. The van der Waals surface area contributed by atoms with Gasteiger partial charge in [0.05, 0.1) is 24.2 Å². The number of hydrogen-bond acceptors (Lipinski definition) is 4. The number of anilines is 1. The van der Waals surface area contributed by atoms with Crippen molar-refractivity contribution in [3.05, 3.63) is 76.6 Å². The van der Waals surface area contributed by atoms with E-state index >= 15 is 0 Å². The van der Waals surface area contributed by atoms with Gasteiger partial charge < -0.3 is 14.8 Å². The lowest BCUT2D eigenvalue weighted by Crippen LogP contribution is -2.09. The minimum Gasteiger partial charge on any atom is -0.496 e. The van der Waals surface area contributed by atoms with Gasteiger partial charge in [0.25, 0.3) is 0 Å². The molecule has 1 amide bonds. The van der Waals surface area contributed by atoms with Crippen LogP contribution in [0.15, 0.2) is 48.5 Å². The third-order valence-corrected chi connectivity index (χ3v) is 4.87. The van der Waals surface area contributed by atoms with E-state index in [1.165, 1.54) is 6.08 Å². The summed E-state index contributed by atoms with van der Waals surface area (Å²) in [5.74, 6) is 1.34. The largest absolute Gasteiger partial charge is 0.496 e. The third-order valence-electron chi connectivity index (χ3n) is 4.87. The summed E-state index contributed by atoms with van der Waals surface area (Å²) >= 11 is 0. The van der Waals surface area contributed by atoms with E-state index in [4.69, 9.17) is 9.47 Å². The van der Waals surface area contributed by atoms with Gasteiger partial charge in [0.1, 0.15) is 18.1 Å². The number of aromatic nitrogens is 2. The monoisotopic (exact) mass is 405 g/mol. The van der Waals surface area contributed by atoms with E-state index in [1.54, 1.807) is 17.9 Å². The number of carbonyl (C=O) groups excluding carboxylic acids is 1. The Morgan fingerprint density at radius 3 is 2.63 bits per heavy atom. The van der Waals surface area contributed by atoms with Crippen molar-refractivity contribution in [1.29, 1.82) is 0 Å². The van der Waals surface area contributed by atoms with Crippen molar-refractivity contribution in [3.8, 4) is 11.5 Å². The molecule has 0 aliphatic carbocycles. The van der Waals surface area contributed by atoms with E-state index in [0.29, 0.717) is 6.61 Å². The zero-order valence-corrected chi connectivity index (χ0v) is 18.0. The molecule has 0 fully saturated rings. The maximum atomic E-state index is 12.4. The van der Waals surface area contributed by atoms with Gasteiger partial charge in [0, 0.05) is 18.7 Å². The Balaban J connectivity index is 1.71. The van der Waals surface area contributed by atoms with E-state index in [-0.39, 0.29) is 5.91 Å². The van der Waals surface area contributed by atoms with E-state index in [1.807, 2.05) is 70.3 Å². The first kappa shape index (κ1) is 21.2. The van der Waals surface area contributed by atoms with Gasteiger partial charge in [-0.05, 0) is 62.2 Å². The summed E-state index contributed by atoms with van der Waals surface area (Å²) in [6, 6.07) is 13.6. The van der Waals surface area contributed by atoms with Gasteiger partial charge in [-0.1, -0.05) is 18.2 Å². The van der Waals surface area contributed by atoms with Crippen molar-refractivity contribution in [2.45, 2.75) is 27.4 Å². The highest BCUT2D eigenvalue weighted by molar-refractivity contribution is 6.02. The smallest absolute Gasteiger partial charge is 0.248 e. The van der Waals surface area contributed by atoms with Crippen molar-refractivity contribution >= 4 is 17.7 Å². The van der Waals surface area contributed by atoms with Gasteiger partial charge in [-0.2, -0.15) is 5.10 Å². The van der Waals surface area contributed by atoms with Crippen LogP contribution in [-0.2, 0) is 18.4 Å². The second kappa shape index (κ2) is 9.31. The molecule has 0 aliphatic rings. The van der Waals surface area contributed by atoms with Crippen LogP contribution < -0.4 is 14.8 Å². The minimum absolute atomic E-state index is 0.206. The molecular formula is C24H27N3O3. The fourth-order valence-electron chi connectivity index (χ4n) is 3.17. The third kappa shape index (κ3) is 5.08. The number of nitrogens with one attached hydrogen (secondary N) is 1. The molecule has 6 nitrogen and oxygen atoms in total. The maximum absolute atomic E-state index is 12.4. The predicted molar refractivity (Wildman–Crippen MR) is 119 cm³/mol. The first-order valence-electron chi connectivity index (χ1n) is 9.73. The van der Waals surface area contributed by atoms with Gasteiger partial charge in [-0.15, -0.1) is 0 Å². The van der Waals surface area contributed by atoms with Gasteiger partial charge in [0.2, 0.25) is 5.91 Å². The van der Waals surface area contributed by atoms with Crippen LogP contribution in [0.25, 0.3) is 6.08 Å². The van der Waals surface area contributed by atoms with Gasteiger partial charge in [-0.3, -0.25) is 9.48 Å². The quantitative estimate of drug-likeness (QED) is 0.584. The lowest BCUT2D eigenvalue weighted by molar-refractivity contribution is -0.111. The summed E-state index contributed by atoms with van der Waals surface area (Å²) in [6.07, 6.45) is 3.28. The average molecular weight is 405 g/mol. The Labute approximate surface area is 177 Å². The maximum Gasteiger partial charge on any atom is 0.248 e. The lowest BCUT2D eigenvalue weighted by atomic mass is 10.1. The standard InChI is InChI=1S/C24H27N3O3/c1-16-7-6-8-21(13-16)30-15-20-14-19(9-11-22(20)29-5)10-12-23(28)25-24-17(2)26-27(4)18(24)3/h6-14H,15H2,1-5H3,(H,25,28)/b12-10+. The van der Waals surface area contributed by atoms with Crippen molar-refractivity contribution in [1.82, 2.24) is 9.78 Å². The Morgan fingerprint density at radius 1 is 1.17 bits per heavy atom. The number of rotatable bonds is 7. The van der Waals surface area contributed by atoms with Crippen LogP contribution in [0, 0.1) is 20.8 Å². The molecule has 30 heavy (non-hydrogen) atoms. The van der Waals surface area contributed by atoms with Crippen LogP contribution in [0.5, 0.6) is 11.5 Å². The normalized spacial score (nSPS) is 11.0. The molecule has 1 aromatic heterocycles. The zero-order chi connectivity index (χ0) is 21.7. The average Bonchev–Trinajstić information content (AvgIpc) is 2.96. The molecule has 156 valence electrons. The molecule has 6 heteroatoms. The highest BCUT2D eigenvalue weighted by atomic mass is 16.5. The Kier molecular flexibility index (Phi) is 6.57. The number of benzene rings is 2. The summed E-state index contributed by atoms with van der Waals surface area (Å²) in [6.45, 7) is 6.19. The zero-order valence-electron chi connectivity index (χ0n) is 18.0. The first-order valence-corrected chi connectivity index (χ1v) is 9.73. The minimum atomic E-state index is -0.206. The van der Waals surface area contributed by atoms with Crippen molar-refractivity contribution < 1.29 is 14.3 Å². The molecule has 0 bridgehead atoms. The fourth-order valence-corrected chi connectivity index (χ4v) is 3.17. The molecule has 1 N–H and O–H groups in total. The van der Waals surface area contributed by atoms with E-state index < -0.39 is 0 Å². The second-order valence-electron chi connectivity index (χ2n) is 7.17. The van der Waals surface area contributed by atoms with Crippen molar-refractivity contribution in [3.63, 3.8) is 0 Å². The van der Waals surface area contributed by atoms with E-state index in [9.17, 15) is 4.79 Å². The molecule has 1 heterocycles. The molecule has 0 saturated carbocycles. The fraction of sp³-hybridized carbons (Fsp3) is 0.250. The molecular weight excluding hydrogens is 378 g/mol. The molecule has 0 spiro atoms. The highest BCUT2D eigenvalue weighted by Gasteiger charge is 2.11. The molecule has 0 atom stereocenters. The molecule has 0 saturated heterocycles. The number of methoxy groups -OCH3 is 1. The van der Waals surface area contributed by atoms with Crippen LogP contribution in [0.4, 0.5) is 5.69 Å². The highest BCUT2D eigenvalue weighted by Crippen LogP contribution is 2.23. The molecule has 0 aliphatic heterocycles. The predicted octanol–water partition coefficient (Wildman–Crippen LogP) is 4.58. The van der Waals surface area contributed by atoms with Crippen LogP contribution in [-0.4, -0.2) is 22.8 Å². The summed E-state index contributed by atoms with van der Waals surface area (Å²) in [5.41, 5.74) is 5.37. The summed E-state index contributed by atoms with van der Waals surface area (Å²) in [7, 11) is 3.48. The van der Waals surface area contributed by atoms with Crippen molar-refractivity contribution in [2.75, 3.05) is 12.4 Å². The number of aryl methyl sites for hydroxylation is 3. The summed E-state index contributed by atoms with van der Waals surface area (Å²) < 4.78 is 13.1. The van der Waals surface area contributed by atoms with Gasteiger partial charge >= 0.3 is 0 Å². The van der Waals surface area contributed by atoms with E-state index in [2.05, 4.69) is 10.4 Å². The second-order valence-corrected chi connectivity index (χ2v) is 7.17. The van der Waals surface area contributed by atoms with Crippen LogP contribution in [0.3, 0.4) is 0 Å². The topological polar surface area (TPSA) is 65.4 Å². The number of carbonyl (C=O) groups is 1. The molecule has 3 aromatic rings. The summed E-state index contributed by atoms with van der Waals surface area (Å²) in [5, 5.41) is 7.21. The van der Waals surface area contributed by atoms with Gasteiger partial charge in [0.15, 0.2) is 0 Å². The van der Waals surface area contributed by atoms with Crippen molar-refractivity contribution in [2.24, 2.45) is 7.05 Å². The van der Waals surface area contributed by atoms with Crippen LogP contribution in [0.2, 0.25) is 0 Å². The van der Waals surface area contributed by atoms with Crippen LogP contribution >= 0.6 is 0 Å². The first-order chi connectivity index (χ1) is 14.4. The van der Waals surface area contributed by atoms with Crippen LogP contribution in [0.1, 0.15) is 28.1 Å². The Morgan fingerprint density at radius 2 is 1.97 bits per heavy atom. The Bertz CT molecular complexity index is 1080. The molecule has 2 aromatic carbocycles. The Hall–Kier alpha value is -3.54. The number of ether oxygens (including phenoxy) is 2.